The van der Waals surface area contributed by atoms with Gasteiger partial charge >= 0.3 is 0 Å². The van der Waals surface area contributed by atoms with Gasteiger partial charge in [0.1, 0.15) is 18.7 Å². The molecule has 4 aromatic rings. The molecule has 1 saturated heterocycles. The molecule has 2 fully saturated rings. The van der Waals surface area contributed by atoms with Crippen LogP contribution in [-0.4, -0.2) is 67.0 Å². The molecule has 6 rings (SSSR count). The van der Waals surface area contributed by atoms with Crippen molar-refractivity contribution in [2.45, 2.75) is 24.9 Å². The standard InChI is InChI=1S/C30H35BrN7O4P/c1-40-20-14-34-38(17-20)19-7-8-24(28(11-19)43(3,4)39)35-29-23(31)15-33-30(37-29)36-25-13-26(41-2)22(12-21(25)18-5-6-18)27-16-32-9-10-42-27/h7-8,11-15,17-18,27,32H,5-6,9-10,16H2,1-4H3,(H2,33,35,36,37). The van der Waals surface area contributed by atoms with Crippen LogP contribution in [-0.2, 0) is 9.30 Å². The molecule has 1 unspecified atom stereocenters. The molecule has 2 aromatic carbocycles. The van der Waals surface area contributed by atoms with Gasteiger partial charge in [-0.15, -0.1) is 0 Å². The highest BCUT2D eigenvalue weighted by Gasteiger charge is 2.30. The topological polar surface area (TPSA) is 124 Å². The average Bonchev–Trinajstić information content (AvgIpc) is 3.74. The maximum atomic E-state index is 13.4. The van der Waals surface area contributed by atoms with E-state index in [1.54, 1.807) is 50.8 Å². The number of nitrogens with one attached hydrogen (secondary N) is 3. The molecule has 226 valence electrons. The van der Waals surface area contributed by atoms with Crippen molar-refractivity contribution in [1.82, 2.24) is 25.1 Å². The van der Waals surface area contributed by atoms with E-state index in [2.05, 4.69) is 48.0 Å². The summed E-state index contributed by atoms with van der Waals surface area (Å²) in [5.41, 5.74) is 4.63. The fourth-order valence-corrected chi connectivity index (χ4v) is 6.62. The van der Waals surface area contributed by atoms with E-state index in [1.165, 1.54) is 5.56 Å². The van der Waals surface area contributed by atoms with E-state index in [1.807, 2.05) is 24.3 Å². The first-order valence-electron chi connectivity index (χ1n) is 14.1. The minimum absolute atomic E-state index is 0.0565. The van der Waals surface area contributed by atoms with Gasteiger partial charge in [0.25, 0.3) is 0 Å². The molecule has 43 heavy (non-hydrogen) atoms. The fourth-order valence-electron chi connectivity index (χ4n) is 5.18. The Hall–Kier alpha value is -3.44. The first kappa shape index (κ1) is 29.6. The second-order valence-corrected chi connectivity index (χ2v) is 15.1. The van der Waals surface area contributed by atoms with Crippen LogP contribution in [0.25, 0.3) is 5.69 Å². The molecule has 0 amide bonds. The van der Waals surface area contributed by atoms with E-state index >= 15 is 0 Å². The molecular weight excluding hydrogens is 633 g/mol. The molecule has 11 nitrogen and oxygen atoms in total. The van der Waals surface area contributed by atoms with Gasteiger partial charge in [-0.1, -0.05) is 0 Å². The van der Waals surface area contributed by atoms with Gasteiger partial charge in [0.2, 0.25) is 5.95 Å². The van der Waals surface area contributed by atoms with Crippen LogP contribution < -0.4 is 30.7 Å². The van der Waals surface area contributed by atoms with E-state index in [4.69, 9.17) is 19.2 Å². The van der Waals surface area contributed by atoms with Crippen molar-refractivity contribution in [3.8, 4) is 17.2 Å². The summed E-state index contributed by atoms with van der Waals surface area (Å²) >= 11 is 3.58. The number of methoxy groups -OCH3 is 2. The Balaban J connectivity index is 1.30. The minimum Gasteiger partial charge on any atom is -0.496 e. The molecule has 2 aromatic heterocycles. The smallest absolute Gasteiger partial charge is 0.229 e. The van der Waals surface area contributed by atoms with Crippen LogP contribution in [0.4, 0.5) is 23.1 Å². The molecule has 0 spiro atoms. The minimum atomic E-state index is -2.70. The van der Waals surface area contributed by atoms with Gasteiger partial charge in [-0.25, -0.2) is 9.67 Å². The van der Waals surface area contributed by atoms with Crippen molar-refractivity contribution >= 4 is 51.5 Å². The van der Waals surface area contributed by atoms with Crippen LogP contribution in [0.2, 0.25) is 0 Å². The largest absolute Gasteiger partial charge is 0.496 e. The second kappa shape index (κ2) is 12.3. The zero-order chi connectivity index (χ0) is 30.1. The zero-order valence-electron chi connectivity index (χ0n) is 24.6. The van der Waals surface area contributed by atoms with Gasteiger partial charge in [-0.05, 0) is 77.8 Å². The van der Waals surface area contributed by atoms with E-state index in [-0.39, 0.29) is 6.10 Å². The van der Waals surface area contributed by atoms with Crippen molar-refractivity contribution < 1.29 is 18.8 Å². The second-order valence-electron chi connectivity index (χ2n) is 11.0. The SMILES string of the molecule is COc1cnn(-c2ccc(Nc3nc(Nc4cc(OC)c(C5CNCCO5)cc4C4CC4)ncc3Br)c(P(C)(C)=O)c2)c1. The Morgan fingerprint density at radius 2 is 1.91 bits per heavy atom. The van der Waals surface area contributed by atoms with Crippen molar-refractivity contribution in [3.05, 3.63) is 64.5 Å². The maximum Gasteiger partial charge on any atom is 0.229 e. The summed E-state index contributed by atoms with van der Waals surface area (Å²) in [6, 6.07) is 9.90. The molecular formula is C30H35BrN7O4P. The highest BCUT2D eigenvalue weighted by Crippen LogP contribution is 2.47. The molecule has 3 N–H and O–H groups in total. The Bertz CT molecular complexity index is 1680. The molecule has 0 bridgehead atoms. The number of hydrogen-bond donors (Lipinski definition) is 3. The van der Waals surface area contributed by atoms with Crippen molar-refractivity contribution in [3.63, 3.8) is 0 Å². The van der Waals surface area contributed by atoms with Gasteiger partial charge < -0.3 is 34.7 Å². The third-order valence-electron chi connectivity index (χ3n) is 7.56. The number of aromatic nitrogens is 4. The lowest BCUT2D eigenvalue weighted by Gasteiger charge is -2.26. The number of morpholine rings is 1. The molecule has 1 aliphatic carbocycles. The Labute approximate surface area is 259 Å². The zero-order valence-corrected chi connectivity index (χ0v) is 27.0. The van der Waals surface area contributed by atoms with Gasteiger partial charge in [0.15, 0.2) is 5.75 Å². The molecule has 13 heteroatoms. The van der Waals surface area contributed by atoms with Crippen LogP contribution in [0.1, 0.15) is 36.0 Å². The first-order valence-corrected chi connectivity index (χ1v) is 17.5. The Morgan fingerprint density at radius 3 is 2.58 bits per heavy atom. The summed E-state index contributed by atoms with van der Waals surface area (Å²) in [7, 11) is 0.579. The van der Waals surface area contributed by atoms with E-state index < -0.39 is 7.14 Å². The molecule has 3 heterocycles. The number of halogens is 1. The van der Waals surface area contributed by atoms with Gasteiger partial charge in [-0.3, -0.25) is 0 Å². The number of hydrogen-bond acceptors (Lipinski definition) is 10. The normalized spacial score (nSPS) is 17.0. The molecule has 1 saturated carbocycles. The number of nitrogens with zero attached hydrogens (tertiary/aromatic N) is 4. The fraction of sp³-hybridized carbons (Fsp3) is 0.367. The number of anilines is 4. The Morgan fingerprint density at radius 1 is 1.07 bits per heavy atom. The van der Waals surface area contributed by atoms with Crippen LogP contribution in [0.15, 0.2) is 53.4 Å². The van der Waals surface area contributed by atoms with Crippen LogP contribution in [0.3, 0.4) is 0 Å². The van der Waals surface area contributed by atoms with E-state index in [9.17, 15) is 4.57 Å². The molecule has 0 radical (unpaired) electrons. The summed E-state index contributed by atoms with van der Waals surface area (Å²) < 4.78 is 32.9. The highest BCUT2D eigenvalue weighted by molar-refractivity contribution is 9.10. The molecule has 1 atom stereocenters. The van der Waals surface area contributed by atoms with Crippen molar-refractivity contribution in [2.24, 2.45) is 0 Å². The lowest BCUT2D eigenvalue weighted by molar-refractivity contribution is 0.0262. The Kier molecular flexibility index (Phi) is 8.46. The molecule has 1 aliphatic heterocycles. The number of rotatable bonds is 10. The van der Waals surface area contributed by atoms with E-state index in [0.29, 0.717) is 45.5 Å². The van der Waals surface area contributed by atoms with Crippen molar-refractivity contribution in [2.75, 3.05) is 57.9 Å². The van der Waals surface area contributed by atoms with Crippen molar-refractivity contribution in [1.29, 1.82) is 0 Å². The lowest BCUT2D eigenvalue weighted by atomic mass is 9.99. The van der Waals surface area contributed by atoms with Crippen LogP contribution in [0.5, 0.6) is 11.5 Å². The average molecular weight is 669 g/mol. The van der Waals surface area contributed by atoms with Crippen LogP contribution >= 0.6 is 23.1 Å². The van der Waals surface area contributed by atoms with Gasteiger partial charge in [-0.2, -0.15) is 10.1 Å². The quantitative estimate of drug-likeness (QED) is 0.181. The van der Waals surface area contributed by atoms with Crippen LogP contribution in [0, 0.1) is 0 Å². The highest BCUT2D eigenvalue weighted by atomic mass is 79.9. The first-order chi connectivity index (χ1) is 20.7. The van der Waals surface area contributed by atoms with Gasteiger partial charge in [0, 0.05) is 41.9 Å². The predicted octanol–water partition coefficient (Wildman–Crippen LogP) is 5.72. The summed E-state index contributed by atoms with van der Waals surface area (Å²) in [6.45, 7) is 5.76. The van der Waals surface area contributed by atoms with E-state index in [0.717, 1.165) is 48.6 Å². The number of benzene rings is 2. The molecule has 2 aliphatic rings. The summed E-state index contributed by atoms with van der Waals surface area (Å²) in [5.74, 6) is 2.84. The summed E-state index contributed by atoms with van der Waals surface area (Å²) in [6.07, 6.45) is 7.32. The summed E-state index contributed by atoms with van der Waals surface area (Å²) in [4.78, 5) is 9.33. The predicted molar refractivity (Wildman–Crippen MR) is 172 cm³/mol. The number of ether oxygens (including phenoxy) is 3. The summed E-state index contributed by atoms with van der Waals surface area (Å²) in [5, 5.41) is 15.3. The third kappa shape index (κ3) is 6.57. The third-order valence-corrected chi connectivity index (χ3v) is 9.67. The maximum absolute atomic E-state index is 13.4. The lowest BCUT2D eigenvalue weighted by Crippen LogP contribution is -2.33. The monoisotopic (exact) mass is 667 g/mol. The van der Waals surface area contributed by atoms with Gasteiger partial charge in [0.05, 0.1) is 55.2 Å².